The van der Waals surface area contributed by atoms with Crippen LogP contribution in [0.1, 0.15) is 19.5 Å². The van der Waals surface area contributed by atoms with E-state index in [1.807, 2.05) is 13.8 Å². The third-order valence-electron chi connectivity index (χ3n) is 2.22. The molecule has 0 saturated carbocycles. The quantitative estimate of drug-likeness (QED) is 0.818. The zero-order chi connectivity index (χ0) is 12.1. The van der Waals surface area contributed by atoms with Crippen LogP contribution in [-0.4, -0.2) is 24.4 Å². The highest BCUT2D eigenvalue weighted by molar-refractivity contribution is 5.55. The van der Waals surface area contributed by atoms with Crippen LogP contribution in [0.15, 0.2) is 6.07 Å². The Balaban J connectivity index is 2.95. The van der Waals surface area contributed by atoms with Crippen molar-refractivity contribution >= 4 is 5.69 Å². The average Bonchev–Trinajstić information content (AvgIpc) is 2.55. The minimum Gasteiger partial charge on any atom is -0.472 e. The molecule has 0 aliphatic rings. The lowest BCUT2D eigenvalue weighted by Crippen LogP contribution is -2.20. The normalized spacial score (nSPS) is 12.1. The number of aromatic nitrogens is 1. The van der Waals surface area contributed by atoms with E-state index in [0.29, 0.717) is 30.4 Å². The van der Waals surface area contributed by atoms with E-state index in [2.05, 4.69) is 6.07 Å². The van der Waals surface area contributed by atoms with Gasteiger partial charge >= 0.3 is 0 Å². The van der Waals surface area contributed by atoms with Crippen LogP contribution < -0.4 is 10.5 Å². The number of rotatable bonds is 5. The third kappa shape index (κ3) is 2.47. The van der Waals surface area contributed by atoms with Gasteiger partial charge in [0.2, 0.25) is 5.88 Å². The summed E-state index contributed by atoms with van der Waals surface area (Å²) in [6.45, 7) is 4.96. The zero-order valence-corrected chi connectivity index (χ0v) is 9.86. The molecule has 0 amide bonds. The molecule has 0 bridgehead atoms. The second-order valence-corrected chi connectivity index (χ2v) is 3.53. The molecule has 0 aliphatic heterocycles. The summed E-state index contributed by atoms with van der Waals surface area (Å²) < 4.78 is 12.4. The van der Waals surface area contributed by atoms with Crippen molar-refractivity contribution in [3.8, 4) is 11.9 Å². The molecule has 16 heavy (non-hydrogen) atoms. The number of nitrogens with zero attached hydrogens (tertiary/aromatic N) is 2. The summed E-state index contributed by atoms with van der Waals surface area (Å²) >= 11 is 0. The van der Waals surface area contributed by atoms with Gasteiger partial charge in [-0.05, 0) is 13.8 Å². The molecule has 1 rings (SSSR count). The highest BCUT2D eigenvalue weighted by Gasteiger charge is 2.15. The van der Waals surface area contributed by atoms with E-state index in [4.69, 9.17) is 20.5 Å². The fraction of sp³-hybridized carbons (Fsp3) is 0.545. The minimum atomic E-state index is -0.0981. The summed E-state index contributed by atoms with van der Waals surface area (Å²) in [5.74, 6) is 0.545. The van der Waals surface area contributed by atoms with Gasteiger partial charge in [-0.2, -0.15) is 5.26 Å². The van der Waals surface area contributed by atoms with E-state index in [1.54, 1.807) is 17.7 Å². The monoisotopic (exact) mass is 223 g/mol. The largest absolute Gasteiger partial charge is 0.472 e. The molecule has 88 valence electrons. The van der Waals surface area contributed by atoms with Gasteiger partial charge in [0.05, 0.1) is 12.3 Å². The minimum absolute atomic E-state index is 0.0981. The van der Waals surface area contributed by atoms with Gasteiger partial charge in [-0.25, -0.2) is 0 Å². The first-order valence-corrected chi connectivity index (χ1v) is 5.18. The molecule has 0 spiro atoms. The number of methoxy groups -OCH3 is 1. The van der Waals surface area contributed by atoms with Crippen molar-refractivity contribution in [2.24, 2.45) is 0 Å². The summed E-state index contributed by atoms with van der Waals surface area (Å²) in [6.07, 6.45) is -0.0981. The van der Waals surface area contributed by atoms with Crippen LogP contribution in [0.3, 0.4) is 0 Å². The van der Waals surface area contributed by atoms with Crippen LogP contribution in [0.25, 0.3) is 0 Å². The van der Waals surface area contributed by atoms with Crippen LogP contribution in [0.5, 0.6) is 5.88 Å². The molecule has 0 fully saturated rings. The van der Waals surface area contributed by atoms with Gasteiger partial charge in [-0.1, -0.05) is 0 Å². The number of nitriles is 1. The molecule has 1 atom stereocenters. The van der Waals surface area contributed by atoms with Gasteiger partial charge in [0.15, 0.2) is 0 Å². The van der Waals surface area contributed by atoms with Crippen LogP contribution >= 0.6 is 0 Å². The Morgan fingerprint density at radius 3 is 2.81 bits per heavy atom. The van der Waals surface area contributed by atoms with Crippen LogP contribution in [0.4, 0.5) is 5.69 Å². The Labute approximate surface area is 95.4 Å². The number of ether oxygens (including phenoxy) is 2. The Morgan fingerprint density at radius 2 is 2.31 bits per heavy atom. The standard InChI is InChI=1S/C11H17N3O2/c1-4-14-9(6-12)5-10(13)11(14)16-8(2)7-15-3/h5,8H,4,7,13H2,1-3H3/t8-/m1/s1. The number of anilines is 1. The number of hydrogen-bond acceptors (Lipinski definition) is 4. The first kappa shape index (κ1) is 12.4. The summed E-state index contributed by atoms with van der Waals surface area (Å²) in [4.78, 5) is 0. The zero-order valence-electron chi connectivity index (χ0n) is 9.86. The fourth-order valence-electron chi connectivity index (χ4n) is 1.55. The smallest absolute Gasteiger partial charge is 0.218 e. The Bertz CT molecular complexity index is 393. The SMILES string of the molecule is CCn1c(C#N)cc(N)c1O[C@H](C)COC. The molecular weight excluding hydrogens is 206 g/mol. The van der Waals surface area contributed by atoms with Crippen molar-refractivity contribution in [2.45, 2.75) is 26.5 Å². The van der Waals surface area contributed by atoms with Crippen molar-refractivity contribution in [2.75, 3.05) is 19.5 Å². The topological polar surface area (TPSA) is 73.2 Å². The van der Waals surface area contributed by atoms with Gasteiger partial charge in [-0.3, -0.25) is 0 Å². The Hall–Kier alpha value is -1.67. The first-order chi connectivity index (χ1) is 7.63. The summed E-state index contributed by atoms with van der Waals surface area (Å²) in [5, 5.41) is 8.92. The lowest BCUT2D eigenvalue weighted by Gasteiger charge is -2.16. The summed E-state index contributed by atoms with van der Waals surface area (Å²) in [7, 11) is 1.61. The highest BCUT2D eigenvalue weighted by atomic mass is 16.5. The number of nitrogen functional groups attached to an aromatic ring is 1. The van der Waals surface area contributed by atoms with Gasteiger partial charge in [0.25, 0.3) is 0 Å². The molecule has 0 saturated heterocycles. The third-order valence-corrected chi connectivity index (χ3v) is 2.22. The Morgan fingerprint density at radius 1 is 1.62 bits per heavy atom. The van der Waals surface area contributed by atoms with E-state index in [9.17, 15) is 0 Å². The summed E-state index contributed by atoms with van der Waals surface area (Å²) in [6, 6.07) is 3.71. The lowest BCUT2D eigenvalue weighted by atomic mass is 10.4. The predicted octanol–water partition coefficient (Wildman–Crippen LogP) is 1.38. The second kappa shape index (κ2) is 5.42. The van der Waals surface area contributed by atoms with Crippen molar-refractivity contribution in [1.82, 2.24) is 4.57 Å². The van der Waals surface area contributed by atoms with Crippen LogP contribution in [0.2, 0.25) is 0 Å². The molecule has 0 radical (unpaired) electrons. The van der Waals surface area contributed by atoms with E-state index < -0.39 is 0 Å². The Kier molecular flexibility index (Phi) is 4.20. The fourth-order valence-corrected chi connectivity index (χ4v) is 1.55. The van der Waals surface area contributed by atoms with E-state index in [1.165, 1.54) is 0 Å². The van der Waals surface area contributed by atoms with Crippen molar-refractivity contribution in [3.05, 3.63) is 11.8 Å². The predicted molar refractivity (Wildman–Crippen MR) is 61.2 cm³/mol. The maximum Gasteiger partial charge on any atom is 0.218 e. The summed E-state index contributed by atoms with van der Waals surface area (Å²) in [5.41, 5.74) is 6.80. The molecular formula is C11H17N3O2. The molecule has 0 unspecified atom stereocenters. The molecule has 5 heteroatoms. The maximum atomic E-state index is 8.92. The van der Waals surface area contributed by atoms with Crippen molar-refractivity contribution < 1.29 is 9.47 Å². The molecule has 0 aliphatic carbocycles. The first-order valence-electron chi connectivity index (χ1n) is 5.18. The lowest BCUT2D eigenvalue weighted by molar-refractivity contribution is 0.0867. The average molecular weight is 223 g/mol. The maximum absolute atomic E-state index is 8.92. The molecule has 0 aromatic carbocycles. The van der Waals surface area contributed by atoms with Crippen molar-refractivity contribution in [1.29, 1.82) is 5.26 Å². The highest BCUT2D eigenvalue weighted by Crippen LogP contribution is 2.27. The molecule has 1 heterocycles. The van der Waals surface area contributed by atoms with Crippen LogP contribution in [0, 0.1) is 11.3 Å². The van der Waals surface area contributed by atoms with Crippen LogP contribution in [-0.2, 0) is 11.3 Å². The molecule has 1 aromatic rings. The second-order valence-electron chi connectivity index (χ2n) is 3.53. The van der Waals surface area contributed by atoms with Crippen molar-refractivity contribution in [3.63, 3.8) is 0 Å². The molecule has 5 nitrogen and oxygen atoms in total. The van der Waals surface area contributed by atoms with E-state index >= 15 is 0 Å². The van der Waals surface area contributed by atoms with Gasteiger partial charge < -0.3 is 19.8 Å². The number of nitrogens with two attached hydrogens (primary N) is 1. The van der Waals surface area contributed by atoms with Gasteiger partial charge in [0.1, 0.15) is 17.9 Å². The van der Waals surface area contributed by atoms with Gasteiger partial charge in [0, 0.05) is 19.7 Å². The molecule has 1 aromatic heterocycles. The number of hydrogen-bond donors (Lipinski definition) is 1. The van der Waals surface area contributed by atoms with Gasteiger partial charge in [-0.15, -0.1) is 0 Å². The van der Waals surface area contributed by atoms with E-state index in [-0.39, 0.29) is 6.10 Å². The molecule has 2 N–H and O–H groups in total. The van der Waals surface area contributed by atoms with E-state index in [0.717, 1.165) is 0 Å².